The van der Waals surface area contributed by atoms with Crippen LogP contribution in [0.15, 0.2) is 18.2 Å². The molecule has 0 radical (unpaired) electrons. The fourth-order valence-corrected chi connectivity index (χ4v) is 1.55. The summed E-state index contributed by atoms with van der Waals surface area (Å²) < 4.78 is 87.7. The normalized spacial score (nSPS) is 14.8. The van der Waals surface area contributed by atoms with Crippen molar-refractivity contribution in [3.8, 4) is 0 Å². The largest absolute Gasteiger partial charge is 0.419 e. The molecular formula is C10H8F7NO. The number of hydrogen-bond acceptors (Lipinski definition) is 2. The van der Waals surface area contributed by atoms with E-state index in [1.807, 2.05) is 0 Å². The minimum Gasteiger partial charge on any atom is -0.313 e. The van der Waals surface area contributed by atoms with Gasteiger partial charge in [0.15, 0.2) is 6.04 Å². The van der Waals surface area contributed by atoms with Gasteiger partial charge in [0, 0.05) is 7.05 Å². The summed E-state index contributed by atoms with van der Waals surface area (Å²) in [5, 5.41) is 8.64. The second kappa shape index (κ2) is 4.97. The lowest BCUT2D eigenvalue weighted by molar-refractivity contribution is -0.245. The first kappa shape index (κ1) is 15.7. The molecule has 0 spiro atoms. The molecule has 0 bridgehead atoms. The molecule has 0 amide bonds. The molecule has 0 aromatic heterocycles. The first-order valence-corrected chi connectivity index (χ1v) is 4.79. The van der Waals surface area contributed by atoms with E-state index in [9.17, 15) is 30.7 Å². The number of benzene rings is 1. The molecule has 0 heterocycles. The molecule has 2 nitrogen and oxygen atoms in total. The third-order valence-corrected chi connectivity index (χ3v) is 2.30. The smallest absolute Gasteiger partial charge is 0.313 e. The number of hydrogen-bond donors (Lipinski definition) is 1. The summed E-state index contributed by atoms with van der Waals surface area (Å²) in [5.41, 5.74) is -2.50. The van der Waals surface area contributed by atoms with Crippen molar-refractivity contribution in [1.82, 2.24) is 5.06 Å². The molecule has 1 aromatic rings. The monoisotopic (exact) mass is 291 g/mol. The van der Waals surface area contributed by atoms with Crippen molar-refractivity contribution in [2.45, 2.75) is 18.4 Å². The Morgan fingerprint density at radius 1 is 1.11 bits per heavy atom. The van der Waals surface area contributed by atoms with Gasteiger partial charge in [-0.1, -0.05) is 6.07 Å². The number of hydroxylamine groups is 2. The summed E-state index contributed by atoms with van der Waals surface area (Å²) in [6.45, 7) is 0. The number of alkyl halides is 6. The maximum atomic E-state index is 13.2. The van der Waals surface area contributed by atoms with Gasteiger partial charge in [0.25, 0.3) is 0 Å². The highest BCUT2D eigenvalue weighted by molar-refractivity contribution is 5.29. The molecule has 19 heavy (non-hydrogen) atoms. The van der Waals surface area contributed by atoms with E-state index in [4.69, 9.17) is 5.21 Å². The van der Waals surface area contributed by atoms with E-state index in [0.29, 0.717) is 13.1 Å². The summed E-state index contributed by atoms with van der Waals surface area (Å²) in [5.74, 6) is -1.83. The molecule has 1 unspecified atom stereocenters. The topological polar surface area (TPSA) is 23.5 Å². The van der Waals surface area contributed by atoms with Crippen LogP contribution in [0.3, 0.4) is 0 Å². The van der Waals surface area contributed by atoms with Crippen LogP contribution < -0.4 is 0 Å². The molecule has 1 aromatic carbocycles. The highest BCUT2D eigenvalue weighted by Gasteiger charge is 2.44. The average molecular weight is 291 g/mol. The maximum absolute atomic E-state index is 13.2. The van der Waals surface area contributed by atoms with Gasteiger partial charge >= 0.3 is 12.4 Å². The first-order chi connectivity index (χ1) is 8.44. The van der Waals surface area contributed by atoms with Crippen LogP contribution in [0.1, 0.15) is 17.2 Å². The highest BCUT2D eigenvalue weighted by Crippen LogP contribution is 2.38. The van der Waals surface area contributed by atoms with E-state index in [2.05, 4.69) is 0 Å². The zero-order valence-electron chi connectivity index (χ0n) is 9.35. The Kier molecular flexibility index (Phi) is 4.11. The van der Waals surface area contributed by atoms with Gasteiger partial charge in [-0.05, 0) is 17.7 Å². The predicted octanol–water partition coefficient (Wildman–Crippen LogP) is 3.77. The number of nitrogens with zero attached hydrogens (tertiary/aromatic N) is 1. The SMILES string of the molecule is CN(O)C(c1ccc(C(F)(F)F)c(F)c1)C(F)(F)F. The fourth-order valence-electron chi connectivity index (χ4n) is 1.55. The van der Waals surface area contributed by atoms with Crippen molar-refractivity contribution in [3.63, 3.8) is 0 Å². The molecule has 0 aliphatic carbocycles. The van der Waals surface area contributed by atoms with Gasteiger partial charge in [0.2, 0.25) is 0 Å². The van der Waals surface area contributed by atoms with Crippen molar-refractivity contribution < 1.29 is 35.9 Å². The summed E-state index contributed by atoms with van der Waals surface area (Å²) >= 11 is 0. The molecule has 9 heteroatoms. The van der Waals surface area contributed by atoms with Crippen LogP contribution in [0, 0.1) is 5.82 Å². The first-order valence-electron chi connectivity index (χ1n) is 4.79. The lowest BCUT2D eigenvalue weighted by Crippen LogP contribution is -2.33. The van der Waals surface area contributed by atoms with E-state index < -0.39 is 35.3 Å². The van der Waals surface area contributed by atoms with Gasteiger partial charge in [-0.15, -0.1) is 0 Å². The third-order valence-electron chi connectivity index (χ3n) is 2.30. The molecule has 0 aliphatic rings. The molecular weight excluding hydrogens is 283 g/mol. The maximum Gasteiger partial charge on any atom is 0.419 e. The van der Waals surface area contributed by atoms with Crippen LogP contribution in [0.4, 0.5) is 30.7 Å². The van der Waals surface area contributed by atoms with E-state index >= 15 is 0 Å². The molecule has 1 N–H and O–H groups in total. The Morgan fingerprint density at radius 2 is 1.63 bits per heavy atom. The average Bonchev–Trinajstić information content (AvgIpc) is 2.11. The molecule has 0 fully saturated rings. The predicted molar refractivity (Wildman–Crippen MR) is 49.7 cm³/mol. The molecule has 108 valence electrons. The van der Waals surface area contributed by atoms with Gasteiger partial charge in [-0.2, -0.15) is 31.4 Å². The number of rotatable bonds is 2. The molecule has 0 aliphatic heterocycles. The van der Waals surface area contributed by atoms with Gasteiger partial charge in [0.05, 0.1) is 5.56 Å². The molecule has 0 saturated heterocycles. The Morgan fingerprint density at radius 3 is 1.95 bits per heavy atom. The zero-order chi connectivity index (χ0) is 15.0. The standard InChI is InChI=1S/C10H8F7NO/c1-18(19)8(10(15,16)17)5-2-3-6(7(11)4-5)9(12,13)14/h2-4,8,19H,1H3. The second-order valence-corrected chi connectivity index (χ2v) is 3.75. The van der Waals surface area contributed by atoms with E-state index in [1.54, 1.807) is 0 Å². The minimum absolute atomic E-state index is 0.105. The van der Waals surface area contributed by atoms with Crippen molar-refractivity contribution in [2.24, 2.45) is 0 Å². The highest BCUT2D eigenvalue weighted by atomic mass is 19.4. The van der Waals surface area contributed by atoms with E-state index in [1.165, 1.54) is 0 Å². The van der Waals surface area contributed by atoms with Gasteiger partial charge in [-0.25, -0.2) is 4.39 Å². The van der Waals surface area contributed by atoms with Crippen LogP contribution in [0.25, 0.3) is 0 Å². The van der Waals surface area contributed by atoms with Crippen LogP contribution >= 0.6 is 0 Å². The zero-order valence-corrected chi connectivity index (χ0v) is 9.35. The summed E-state index contributed by atoms with van der Waals surface area (Å²) in [4.78, 5) is 0. The number of halogens is 7. The second-order valence-electron chi connectivity index (χ2n) is 3.75. The van der Waals surface area contributed by atoms with Crippen LogP contribution in [-0.4, -0.2) is 23.5 Å². The Balaban J connectivity index is 3.26. The van der Waals surface area contributed by atoms with E-state index in [0.717, 1.165) is 0 Å². The fraction of sp³-hybridized carbons (Fsp3) is 0.400. The Hall–Kier alpha value is -1.35. The summed E-state index contributed by atoms with van der Waals surface area (Å²) in [7, 11) is 0.660. The van der Waals surface area contributed by atoms with Crippen molar-refractivity contribution in [3.05, 3.63) is 35.1 Å². The quantitative estimate of drug-likeness (QED) is 0.662. The van der Waals surface area contributed by atoms with Crippen molar-refractivity contribution in [2.75, 3.05) is 7.05 Å². The third kappa shape index (κ3) is 3.57. The Labute approximate surface area is 103 Å². The lowest BCUT2D eigenvalue weighted by Gasteiger charge is -2.25. The molecule has 1 rings (SSSR count). The summed E-state index contributed by atoms with van der Waals surface area (Å²) in [6.07, 6.45) is -9.96. The van der Waals surface area contributed by atoms with Crippen molar-refractivity contribution in [1.29, 1.82) is 0 Å². The van der Waals surface area contributed by atoms with Gasteiger partial charge < -0.3 is 5.21 Å². The molecule has 1 atom stereocenters. The van der Waals surface area contributed by atoms with Gasteiger partial charge in [0.1, 0.15) is 5.82 Å². The minimum atomic E-state index is -5.00. The Bertz CT molecular complexity index is 452. The van der Waals surface area contributed by atoms with Crippen LogP contribution in [0.5, 0.6) is 0 Å². The van der Waals surface area contributed by atoms with E-state index in [-0.39, 0.29) is 17.2 Å². The van der Waals surface area contributed by atoms with Crippen molar-refractivity contribution >= 4 is 0 Å². The van der Waals surface area contributed by atoms with Gasteiger partial charge in [-0.3, -0.25) is 0 Å². The molecule has 0 saturated carbocycles. The summed E-state index contributed by atoms with van der Waals surface area (Å²) in [6, 6.07) is -1.83. The van der Waals surface area contributed by atoms with Crippen LogP contribution in [0.2, 0.25) is 0 Å². The van der Waals surface area contributed by atoms with Crippen LogP contribution in [-0.2, 0) is 6.18 Å². The lowest BCUT2D eigenvalue weighted by atomic mass is 10.0.